The third-order valence-electron chi connectivity index (χ3n) is 5.31. The Labute approximate surface area is 204 Å². The summed E-state index contributed by atoms with van der Waals surface area (Å²) in [6.45, 7) is 1.81. The fourth-order valence-electron chi connectivity index (χ4n) is 3.47. The first-order valence-electron chi connectivity index (χ1n) is 10.6. The van der Waals surface area contributed by atoms with Crippen molar-refractivity contribution in [2.45, 2.75) is 25.9 Å². The van der Waals surface area contributed by atoms with Gasteiger partial charge in [-0.3, -0.25) is 9.59 Å². The molecule has 0 aliphatic rings. The lowest BCUT2D eigenvalue weighted by molar-refractivity contribution is -0.142. The number of carbonyl (C=O) groups excluding carboxylic acids is 2. The van der Waals surface area contributed by atoms with Crippen molar-refractivity contribution in [2.75, 3.05) is 13.7 Å². The van der Waals surface area contributed by atoms with Gasteiger partial charge in [-0.15, -0.1) is 0 Å². The number of nitrogens with one attached hydrogen (secondary N) is 1. The fourth-order valence-corrected chi connectivity index (χ4v) is 3.78. The molecule has 3 rings (SSSR count). The van der Waals surface area contributed by atoms with Gasteiger partial charge >= 0.3 is 0 Å². The van der Waals surface area contributed by atoms with Crippen LogP contribution in [-0.4, -0.2) is 36.4 Å². The second kappa shape index (κ2) is 11.7. The van der Waals surface area contributed by atoms with Gasteiger partial charge in [-0.2, -0.15) is 0 Å². The summed E-state index contributed by atoms with van der Waals surface area (Å²) in [5, 5.41) is 3.84. The summed E-state index contributed by atoms with van der Waals surface area (Å²) in [6, 6.07) is 21.3. The number of aryl methyl sites for hydroxylation is 1. The van der Waals surface area contributed by atoms with Crippen molar-refractivity contribution in [3.8, 4) is 5.75 Å². The molecule has 2 amide bonds. The van der Waals surface area contributed by atoms with Crippen LogP contribution in [0.3, 0.4) is 0 Å². The molecule has 0 saturated carbocycles. The van der Waals surface area contributed by atoms with Crippen molar-refractivity contribution in [3.63, 3.8) is 0 Å². The summed E-state index contributed by atoms with van der Waals surface area (Å²) in [7, 11) is 1.56. The molecule has 0 aliphatic heterocycles. The Morgan fingerprint density at radius 1 is 0.970 bits per heavy atom. The molecular formula is C26H26Cl2N2O3. The molecule has 5 nitrogen and oxygen atoms in total. The van der Waals surface area contributed by atoms with E-state index in [1.165, 1.54) is 4.90 Å². The van der Waals surface area contributed by atoms with Gasteiger partial charge < -0.3 is 15.0 Å². The van der Waals surface area contributed by atoms with Gasteiger partial charge in [-0.05, 0) is 47.9 Å². The lowest BCUT2D eigenvalue weighted by Gasteiger charge is -2.31. The van der Waals surface area contributed by atoms with Gasteiger partial charge in [0.2, 0.25) is 5.91 Å². The lowest BCUT2D eigenvalue weighted by atomic mass is 10.0. The summed E-state index contributed by atoms with van der Waals surface area (Å²) < 4.78 is 5.75. The summed E-state index contributed by atoms with van der Waals surface area (Å²) in [4.78, 5) is 27.8. The van der Waals surface area contributed by atoms with E-state index in [1.54, 1.807) is 31.3 Å². The molecule has 7 heteroatoms. The lowest BCUT2D eigenvalue weighted by Crippen LogP contribution is -2.51. The molecule has 3 aromatic carbocycles. The van der Waals surface area contributed by atoms with Crippen LogP contribution in [0.15, 0.2) is 72.8 Å². The Morgan fingerprint density at radius 2 is 1.67 bits per heavy atom. The van der Waals surface area contributed by atoms with Crippen molar-refractivity contribution in [2.24, 2.45) is 0 Å². The monoisotopic (exact) mass is 484 g/mol. The highest BCUT2D eigenvalue weighted by Crippen LogP contribution is 2.23. The zero-order chi connectivity index (χ0) is 23.8. The standard InChI is InChI=1S/C26H26Cl2N2O3/c1-18-14-21(12-13-22(18)27)33-17-25(31)30(16-20-10-6-7-11-23(20)28)24(26(32)29-2)15-19-8-4-3-5-9-19/h3-14,24H,15-17H2,1-2H3,(H,29,32)/t24-/m1/s1. The molecule has 0 bridgehead atoms. The molecule has 0 spiro atoms. The van der Waals surface area contributed by atoms with Crippen LogP contribution in [0, 0.1) is 6.92 Å². The number of carbonyl (C=O) groups is 2. The number of ether oxygens (including phenoxy) is 1. The molecule has 0 unspecified atom stereocenters. The van der Waals surface area contributed by atoms with Gasteiger partial charge in [0.05, 0.1) is 0 Å². The predicted molar refractivity (Wildman–Crippen MR) is 132 cm³/mol. The van der Waals surface area contributed by atoms with E-state index in [0.717, 1.165) is 16.7 Å². The SMILES string of the molecule is CNC(=O)[C@@H](Cc1ccccc1)N(Cc1ccccc1Cl)C(=O)COc1ccc(Cl)c(C)c1. The highest BCUT2D eigenvalue weighted by atomic mass is 35.5. The van der Waals surface area contributed by atoms with Crippen LogP contribution in [0.5, 0.6) is 5.75 Å². The zero-order valence-electron chi connectivity index (χ0n) is 18.6. The maximum Gasteiger partial charge on any atom is 0.261 e. The minimum absolute atomic E-state index is 0.173. The van der Waals surface area contributed by atoms with Crippen LogP contribution in [0.1, 0.15) is 16.7 Å². The highest BCUT2D eigenvalue weighted by molar-refractivity contribution is 6.31. The number of hydrogen-bond donors (Lipinski definition) is 1. The van der Waals surface area contributed by atoms with E-state index in [-0.39, 0.29) is 25.0 Å². The van der Waals surface area contributed by atoms with Crippen molar-refractivity contribution in [1.29, 1.82) is 0 Å². The number of benzene rings is 3. The van der Waals surface area contributed by atoms with Crippen LogP contribution in [0.4, 0.5) is 0 Å². The molecule has 1 atom stereocenters. The molecule has 0 heterocycles. The summed E-state index contributed by atoms with van der Waals surface area (Å²) >= 11 is 12.5. The molecule has 33 heavy (non-hydrogen) atoms. The van der Waals surface area contributed by atoms with Crippen molar-refractivity contribution < 1.29 is 14.3 Å². The Balaban J connectivity index is 1.88. The van der Waals surface area contributed by atoms with E-state index in [0.29, 0.717) is 22.2 Å². The number of rotatable bonds is 9. The Kier molecular flexibility index (Phi) is 8.75. The quantitative estimate of drug-likeness (QED) is 0.461. The first-order chi connectivity index (χ1) is 15.9. The average molecular weight is 485 g/mol. The topological polar surface area (TPSA) is 58.6 Å². The first-order valence-corrected chi connectivity index (χ1v) is 11.3. The Morgan fingerprint density at radius 3 is 2.33 bits per heavy atom. The summed E-state index contributed by atoms with van der Waals surface area (Å²) in [5.74, 6) is -0.0591. The third kappa shape index (κ3) is 6.73. The molecule has 0 aromatic heterocycles. The predicted octanol–water partition coefficient (Wildman–Crippen LogP) is 5.07. The van der Waals surface area contributed by atoms with Gasteiger partial charge in [-0.25, -0.2) is 0 Å². The largest absolute Gasteiger partial charge is 0.484 e. The van der Waals surface area contributed by atoms with Gasteiger partial charge in [0.15, 0.2) is 6.61 Å². The number of hydrogen-bond acceptors (Lipinski definition) is 3. The van der Waals surface area contributed by atoms with Crippen LogP contribution < -0.4 is 10.1 Å². The minimum atomic E-state index is -0.739. The van der Waals surface area contributed by atoms with Crippen molar-refractivity contribution in [1.82, 2.24) is 10.2 Å². The van der Waals surface area contributed by atoms with E-state index in [2.05, 4.69) is 5.32 Å². The summed E-state index contributed by atoms with van der Waals surface area (Å²) in [6.07, 6.45) is 0.358. The number of likely N-dealkylation sites (N-methyl/N-ethyl adjacent to an activating group) is 1. The van der Waals surface area contributed by atoms with E-state index in [4.69, 9.17) is 27.9 Å². The van der Waals surface area contributed by atoms with Gasteiger partial charge in [0.25, 0.3) is 5.91 Å². The number of nitrogens with zero attached hydrogens (tertiary/aromatic N) is 1. The highest BCUT2D eigenvalue weighted by Gasteiger charge is 2.30. The van der Waals surface area contributed by atoms with Crippen LogP contribution >= 0.6 is 23.2 Å². The summed E-state index contributed by atoms with van der Waals surface area (Å²) in [5.41, 5.74) is 2.54. The maximum absolute atomic E-state index is 13.4. The molecule has 3 aromatic rings. The van der Waals surface area contributed by atoms with Gasteiger partial charge in [0, 0.05) is 30.1 Å². The molecule has 1 N–H and O–H groups in total. The van der Waals surface area contributed by atoms with E-state index < -0.39 is 6.04 Å². The van der Waals surface area contributed by atoms with Gasteiger partial charge in [0.1, 0.15) is 11.8 Å². The smallest absolute Gasteiger partial charge is 0.261 e. The second-order valence-corrected chi connectivity index (χ2v) is 8.45. The second-order valence-electron chi connectivity index (χ2n) is 7.63. The molecule has 0 aliphatic carbocycles. The Bertz CT molecular complexity index is 1110. The van der Waals surface area contributed by atoms with E-state index in [1.807, 2.05) is 55.5 Å². The third-order valence-corrected chi connectivity index (χ3v) is 6.10. The van der Waals surface area contributed by atoms with Crippen LogP contribution in [-0.2, 0) is 22.6 Å². The minimum Gasteiger partial charge on any atom is -0.484 e. The molecule has 172 valence electrons. The Hall–Kier alpha value is -3.02. The number of halogens is 2. The van der Waals surface area contributed by atoms with E-state index in [9.17, 15) is 9.59 Å². The average Bonchev–Trinajstić information content (AvgIpc) is 2.83. The molecule has 0 fully saturated rings. The normalized spacial score (nSPS) is 11.5. The first kappa shape index (κ1) is 24.6. The molecule has 0 saturated heterocycles. The van der Waals surface area contributed by atoms with E-state index >= 15 is 0 Å². The molecule has 0 radical (unpaired) electrons. The van der Waals surface area contributed by atoms with Crippen molar-refractivity contribution >= 4 is 35.0 Å². The number of amides is 2. The van der Waals surface area contributed by atoms with Gasteiger partial charge in [-0.1, -0.05) is 71.7 Å². The maximum atomic E-state index is 13.4. The molecular weight excluding hydrogens is 459 g/mol. The van der Waals surface area contributed by atoms with Crippen LogP contribution in [0.2, 0.25) is 10.0 Å². The fraction of sp³-hybridized carbons (Fsp3) is 0.231. The van der Waals surface area contributed by atoms with Crippen LogP contribution in [0.25, 0.3) is 0 Å². The zero-order valence-corrected chi connectivity index (χ0v) is 20.1. The van der Waals surface area contributed by atoms with Crippen molar-refractivity contribution in [3.05, 3.63) is 99.5 Å².